The molecule has 0 bridgehead atoms. The average Bonchev–Trinajstić information content (AvgIpc) is 2.45. The number of hydrogen-bond acceptors (Lipinski definition) is 3. The van der Waals surface area contributed by atoms with Crippen LogP contribution in [0.4, 0.5) is 8.78 Å². The number of nitriles is 1. The predicted molar refractivity (Wildman–Crippen MR) is 74.6 cm³/mol. The summed E-state index contributed by atoms with van der Waals surface area (Å²) in [6.07, 6.45) is 0. The van der Waals surface area contributed by atoms with Gasteiger partial charge in [0.25, 0.3) is 0 Å². The van der Waals surface area contributed by atoms with E-state index in [4.69, 9.17) is 10.00 Å². The van der Waals surface area contributed by atoms with Gasteiger partial charge in [-0.2, -0.15) is 5.26 Å². The van der Waals surface area contributed by atoms with E-state index in [1.54, 1.807) is 13.1 Å². The van der Waals surface area contributed by atoms with E-state index in [0.717, 1.165) is 5.56 Å². The molecule has 21 heavy (non-hydrogen) atoms. The lowest BCUT2D eigenvalue weighted by molar-refractivity contribution is 0.303. The van der Waals surface area contributed by atoms with Crippen LogP contribution >= 0.6 is 0 Å². The molecule has 0 aliphatic rings. The Morgan fingerprint density at radius 3 is 2.67 bits per heavy atom. The molecule has 1 N–H and O–H groups in total. The zero-order valence-electron chi connectivity index (χ0n) is 11.5. The summed E-state index contributed by atoms with van der Waals surface area (Å²) in [4.78, 5) is 0. The largest absolute Gasteiger partial charge is 0.489 e. The normalized spacial score (nSPS) is 10.2. The van der Waals surface area contributed by atoms with Gasteiger partial charge in [0.1, 0.15) is 24.0 Å². The molecule has 0 unspecified atom stereocenters. The molecule has 0 aliphatic heterocycles. The lowest BCUT2D eigenvalue weighted by atomic mass is 10.1. The number of benzene rings is 2. The molecule has 0 aromatic heterocycles. The minimum Gasteiger partial charge on any atom is -0.489 e. The fourth-order valence-electron chi connectivity index (χ4n) is 1.96. The predicted octanol–water partition coefficient (Wildman–Crippen LogP) is 3.13. The smallest absolute Gasteiger partial charge is 0.127 e. The summed E-state index contributed by atoms with van der Waals surface area (Å²) < 4.78 is 32.1. The lowest BCUT2D eigenvalue weighted by Gasteiger charge is -2.10. The van der Waals surface area contributed by atoms with Crippen LogP contribution in [0.5, 0.6) is 5.75 Å². The third-order valence-corrected chi connectivity index (χ3v) is 2.89. The molecule has 0 heterocycles. The van der Waals surface area contributed by atoms with Crippen LogP contribution in [0.1, 0.15) is 16.7 Å². The Morgan fingerprint density at radius 2 is 1.95 bits per heavy atom. The minimum atomic E-state index is -0.442. The van der Waals surface area contributed by atoms with Gasteiger partial charge in [-0.3, -0.25) is 0 Å². The Kier molecular flexibility index (Phi) is 4.85. The molecule has 3 nitrogen and oxygen atoms in total. The van der Waals surface area contributed by atoms with Crippen molar-refractivity contribution in [3.63, 3.8) is 0 Å². The zero-order chi connectivity index (χ0) is 15.2. The van der Waals surface area contributed by atoms with Crippen LogP contribution < -0.4 is 10.1 Å². The molecule has 0 spiro atoms. The van der Waals surface area contributed by atoms with Crippen LogP contribution in [0.3, 0.4) is 0 Å². The Balaban J connectivity index is 2.17. The van der Waals surface area contributed by atoms with Gasteiger partial charge in [0.05, 0.1) is 11.6 Å². The number of ether oxygens (including phenoxy) is 1. The molecule has 0 fully saturated rings. The van der Waals surface area contributed by atoms with Crippen molar-refractivity contribution >= 4 is 0 Å². The van der Waals surface area contributed by atoms with Crippen molar-refractivity contribution in [3.8, 4) is 11.8 Å². The van der Waals surface area contributed by atoms with E-state index >= 15 is 0 Å². The number of rotatable bonds is 5. The maximum atomic E-state index is 13.5. The summed E-state index contributed by atoms with van der Waals surface area (Å²) >= 11 is 0. The molecule has 0 amide bonds. The summed E-state index contributed by atoms with van der Waals surface area (Å²) in [6.45, 7) is 0.515. The summed E-state index contributed by atoms with van der Waals surface area (Å²) in [5, 5.41) is 11.9. The number of halogens is 2. The van der Waals surface area contributed by atoms with Gasteiger partial charge in [-0.25, -0.2) is 8.78 Å². The first kappa shape index (κ1) is 14.9. The fraction of sp³-hybridized carbons (Fsp3) is 0.188. The van der Waals surface area contributed by atoms with Crippen molar-refractivity contribution in [1.82, 2.24) is 5.32 Å². The highest BCUT2D eigenvalue weighted by Gasteiger charge is 2.06. The van der Waals surface area contributed by atoms with Crippen molar-refractivity contribution in [2.75, 3.05) is 7.05 Å². The Morgan fingerprint density at radius 1 is 1.14 bits per heavy atom. The van der Waals surface area contributed by atoms with Crippen LogP contribution in [0.25, 0.3) is 0 Å². The van der Waals surface area contributed by atoms with E-state index in [2.05, 4.69) is 5.32 Å². The molecule has 2 aromatic carbocycles. The van der Waals surface area contributed by atoms with Crippen molar-refractivity contribution in [1.29, 1.82) is 5.26 Å². The molecule has 0 saturated heterocycles. The van der Waals surface area contributed by atoms with Crippen LogP contribution in [0.15, 0.2) is 36.4 Å². The molecule has 5 heteroatoms. The second-order valence-electron chi connectivity index (χ2n) is 4.53. The lowest BCUT2D eigenvalue weighted by Crippen LogP contribution is -2.06. The minimum absolute atomic E-state index is 0.00308. The third-order valence-electron chi connectivity index (χ3n) is 2.89. The highest BCUT2D eigenvalue weighted by Crippen LogP contribution is 2.19. The summed E-state index contributed by atoms with van der Waals surface area (Å²) in [7, 11) is 1.76. The maximum absolute atomic E-state index is 13.5. The highest BCUT2D eigenvalue weighted by molar-refractivity contribution is 5.38. The molecule has 2 rings (SSSR count). The fourth-order valence-corrected chi connectivity index (χ4v) is 1.96. The van der Waals surface area contributed by atoms with Crippen LogP contribution in [0, 0.1) is 23.0 Å². The summed E-state index contributed by atoms with van der Waals surface area (Å²) in [5.41, 5.74) is 1.51. The van der Waals surface area contributed by atoms with Gasteiger partial charge in [0, 0.05) is 18.2 Å². The van der Waals surface area contributed by atoms with E-state index in [1.165, 1.54) is 30.3 Å². The topological polar surface area (TPSA) is 45.0 Å². The Hall–Kier alpha value is -2.45. The van der Waals surface area contributed by atoms with Gasteiger partial charge >= 0.3 is 0 Å². The van der Waals surface area contributed by atoms with Gasteiger partial charge in [0.2, 0.25) is 0 Å². The highest BCUT2D eigenvalue weighted by atomic mass is 19.1. The number of nitrogens with zero attached hydrogens (tertiary/aromatic N) is 1. The summed E-state index contributed by atoms with van der Waals surface area (Å²) in [5.74, 6) is -0.506. The Labute approximate surface area is 121 Å². The molecular weight excluding hydrogens is 274 g/mol. The van der Waals surface area contributed by atoms with E-state index in [9.17, 15) is 8.78 Å². The molecule has 0 radical (unpaired) electrons. The quantitative estimate of drug-likeness (QED) is 0.919. The van der Waals surface area contributed by atoms with E-state index in [1.807, 2.05) is 6.07 Å². The molecule has 2 aromatic rings. The van der Waals surface area contributed by atoms with Crippen molar-refractivity contribution in [3.05, 3.63) is 64.7 Å². The average molecular weight is 288 g/mol. The van der Waals surface area contributed by atoms with Crippen molar-refractivity contribution < 1.29 is 13.5 Å². The van der Waals surface area contributed by atoms with Gasteiger partial charge in [-0.1, -0.05) is 0 Å². The zero-order valence-corrected chi connectivity index (χ0v) is 11.5. The molecule has 108 valence electrons. The number of hydrogen-bond donors (Lipinski definition) is 1. The first-order chi connectivity index (χ1) is 10.1. The maximum Gasteiger partial charge on any atom is 0.127 e. The van der Waals surface area contributed by atoms with Gasteiger partial charge in [-0.15, -0.1) is 0 Å². The summed E-state index contributed by atoms with van der Waals surface area (Å²) in [6, 6.07) is 10.2. The molecular formula is C16H14F2N2O. The monoisotopic (exact) mass is 288 g/mol. The first-order valence-electron chi connectivity index (χ1n) is 6.38. The first-order valence-corrected chi connectivity index (χ1v) is 6.38. The van der Waals surface area contributed by atoms with Crippen molar-refractivity contribution in [2.45, 2.75) is 13.2 Å². The third kappa shape index (κ3) is 4.01. The van der Waals surface area contributed by atoms with Gasteiger partial charge < -0.3 is 10.1 Å². The van der Waals surface area contributed by atoms with Gasteiger partial charge in [0.15, 0.2) is 0 Å². The van der Waals surface area contributed by atoms with Crippen molar-refractivity contribution in [2.24, 2.45) is 0 Å². The Bertz CT molecular complexity index is 680. The van der Waals surface area contributed by atoms with Crippen LogP contribution in [0.2, 0.25) is 0 Å². The van der Waals surface area contributed by atoms with Gasteiger partial charge in [-0.05, 0) is 42.9 Å². The van der Waals surface area contributed by atoms with E-state index < -0.39 is 11.6 Å². The molecule has 0 atom stereocenters. The van der Waals surface area contributed by atoms with E-state index in [0.29, 0.717) is 23.4 Å². The van der Waals surface area contributed by atoms with Crippen LogP contribution in [-0.4, -0.2) is 7.05 Å². The van der Waals surface area contributed by atoms with Crippen LogP contribution in [-0.2, 0) is 13.2 Å². The second-order valence-corrected chi connectivity index (χ2v) is 4.53. The molecule has 0 saturated carbocycles. The second kappa shape index (κ2) is 6.82. The molecule has 0 aliphatic carbocycles. The standard InChI is InChI=1S/C16H14F2N2O/c1-20-9-11-4-15(18)7-16(5-11)21-10-13-6-14(17)3-2-12(13)8-19/h2-7,20H,9-10H2,1H3. The number of nitrogens with one attached hydrogen (secondary N) is 1. The SMILES string of the molecule is CNCc1cc(F)cc(OCc2cc(F)ccc2C#N)c1. The van der Waals surface area contributed by atoms with E-state index in [-0.39, 0.29) is 6.61 Å².